The lowest BCUT2D eigenvalue weighted by molar-refractivity contribution is 0.468. The minimum Gasteiger partial charge on any atom is -0.508 e. The van der Waals surface area contributed by atoms with E-state index in [1.807, 2.05) is 0 Å². The van der Waals surface area contributed by atoms with Gasteiger partial charge in [-0.25, -0.2) is 0 Å². The summed E-state index contributed by atoms with van der Waals surface area (Å²) >= 11 is 0. The van der Waals surface area contributed by atoms with E-state index in [4.69, 9.17) is 11.3 Å². The quantitative estimate of drug-likeness (QED) is 0.229. The summed E-state index contributed by atoms with van der Waals surface area (Å²) in [6.45, 7) is 0.118. The highest BCUT2D eigenvalue weighted by Gasteiger charge is 1.98. The Morgan fingerprint density at radius 3 is 3.00 bits per heavy atom. The van der Waals surface area contributed by atoms with E-state index in [9.17, 15) is 5.11 Å². The van der Waals surface area contributed by atoms with Crippen molar-refractivity contribution in [3.63, 3.8) is 0 Å². The average Bonchev–Trinajstić information content (AvgIpc) is 2.07. The van der Waals surface area contributed by atoms with Crippen LogP contribution in [0.5, 0.6) is 5.75 Å². The van der Waals surface area contributed by atoms with Gasteiger partial charge in [0.25, 0.3) is 0 Å². The number of phenols is 1. The molecule has 0 atom stereocenters. The molecule has 0 saturated carbocycles. The van der Waals surface area contributed by atoms with Gasteiger partial charge in [0.15, 0.2) is 0 Å². The number of benzene rings is 1. The third-order valence-electron chi connectivity index (χ3n) is 1.41. The molecule has 1 aromatic carbocycles. The van der Waals surface area contributed by atoms with Gasteiger partial charge in [0.05, 0.1) is 6.54 Å². The summed E-state index contributed by atoms with van der Waals surface area (Å²) in [7, 11) is 0. The van der Waals surface area contributed by atoms with E-state index in [0.29, 0.717) is 11.3 Å². The molecule has 0 bridgehead atoms. The van der Waals surface area contributed by atoms with Crippen LogP contribution in [-0.2, 0) is 6.54 Å². The van der Waals surface area contributed by atoms with Crippen LogP contribution in [0.1, 0.15) is 5.56 Å². The zero-order valence-corrected chi connectivity index (χ0v) is 6.31. The van der Waals surface area contributed by atoms with Gasteiger partial charge in [0.2, 0.25) is 0 Å². The maximum Gasteiger partial charge on any atom is 0.119 e. The Balaban J connectivity index is 2.96. The van der Waals surface area contributed by atoms with Gasteiger partial charge in [-0.05, 0) is 23.7 Å². The van der Waals surface area contributed by atoms with Gasteiger partial charge in [0, 0.05) is 16.2 Å². The molecule has 0 heterocycles. The van der Waals surface area contributed by atoms with Crippen molar-refractivity contribution < 1.29 is 5.11 Å². The number of nitrogens with two attached hydrogens (primary N) is 1. The Hall–Kier alpha value is -1.87. The first kappa shape index (κ1) is 8.23. The fraction of sp³-hybridized carbons (Fsp3) is 0.143. The third-order valence-corrected chi connectivity index (χ3v) is 1.41. The SMILES string of the molecule is [N-]=[N+]=NCc1cc(N)ccc1O. The highest BCUT2D eigenvalue weighted by Crippen LogP contribution is 2.20. The summed E-state index contributed by atoms with van der Waals surface area (Å²) < 4.78 is 0. The predicted octanol–water partition coefficient (Wildman–Crippen LogP) is 1.78. The first-order chi connectivity index (χ1) is 5.74. The topological polar surface area (TPSA) is 95.0 Å². The molecule has 0 saturated heterocycles. The molecule has 62 valence electrons. The molecule has 0 unspecified atom stereocenters. The van der Waals surface area contributed by atoms with E-state index >= 15 is 0 Å². The lowest BCUT2D eigenvalue weighted by Gasteiger charge is -2.00. The molecule has 5 heteroatoms. The number of nitrogen functional groups attached to an aromatic ring is 1. The molecular weight excluding hydrogens is 156 g/mol. The van der Waals surface area contributed by atoms with E-state index in [2.05, 4.69) is 10.0 Å². The van der Waals surface area contributed by atoms with E-state index in [1.54, 1.807) is 12.1 Å². The summed E-state index contributed by atoms with van der Waals surface area (Å²) in [5, 5.41) is 12.5. The lowest BCUT2D eigenvalue weighted by atomic mass is 10.2. The summed E-state index contributed by atoms with van der Waals surface area (Å²) in [5.74, 6) is 0.0941. The van der Waals surface area contributed by atoms with Crippen molar-refractivity contribution in [1.82, 2.24) is 0 Å². The van der Waals surface area contributed by atoms with Crippen molar-refractivity contribution >= 4 is 5.69 Å². The fourth-order valence-corrected chi connectivity index (χ4v) is 0.840. The number of phenolic OH excluding ortho intramolecular Hbond substituents is 1. The van der Waals surface area contributed by atoms with Crippen LogP contribution in [0.15, 0.2) is 23.3 Å². The Morgan fingerprint density at radius 1 is 1.58 bits per heavy atom. The highest BCUT2D eigenvalue weighted by atomic mass is 16.3. The van der Waals surface area contributed by atoms with Crippen LogP contribution in [0.2, 0.25) is 0 Å². The summed E-state index contributed by atoms with van der Waals surface area (Å²) in [5.41, 5.74) is 14.6. The van der Waals surface area contributed by atoms with Gasteiger partial charge in [-0.15, -0.1) is 0 Å². The monoisotopic (exact) mass is 164 g/mol. The fourth-order valence-electron chi connectivity index (χ4n) is 0.840. The Kier molecular flexibility index (Phi) is 2.40. The van der Waals surface area contributed by atoms with Gasteiger partial charge in [-0.2, -0.15) is 0 Å². The van der Waals surface area contributed by atoms with Gasteiger partial charge in [0.1, 0.15) is 5.75 Å². The minimum atomic E-state index is 0.0941. The van der Waals surface area contributed by atoms with Gasteiger partial charge < -0.3 is 10.8 Å². The predicted molar refractivity (Wildman–Crippen MR) is 45.4 cm³/mol. The molecule has 5 nitrogen and oxygen atoms in total. The molecule has 0 fully saturated rings. The maximum atomic E-state index is 9.22. The second kappa shape index (κ2) is 3.50. The molecule has 0 aliphatic rings. The molecule has 0 aromatic heterocycles. The van der Waals surface area contributed by atoms with Crippen LogP contribution in [-0.4, -0.2) is 5.11 Å². The zero-order valence-electron chi connectivity index (χ0n) is 6.31. The van der Waals surface area contributed by atoms with Crippen molar-refractivity contribution in [3.05, 3.63) is 34.2 Å². The first-order valence-electron chi connectivity index (χ1n) is 3.32. The molecule has 3 N–H and O–H groups in total. The van der Waals surface area contributed by atoms with E-state index in [-0.39, 0.29) is 12.3 Å². The van der Waals surface area contributed by atoms with Gasteiger partial charge >= 0.3 is 0 Å². The number of hydrogen-bond donors (Lipinski definition) is 2. The van der Waals surface area contributed by atoms with Crippen LogP contribution in [0.4, 0.5) is 5.69 Å². The van der Waals surface area contributed by atoms with E-state index in [1.165, 1.54) is 6.07 Å². The number of nitrogens with zero attached hydrogens (tertiary/aromatic N) is 3. The Labute approximate surface area is 69.1 Å². The van der Waals surface area contributed by atoms with Gasteiger partial charge in [-0.3, -0.25) is 0 Å². The maximum absolute atomic E-state index is 9.22. The number of hydrogen-bond acceptors (Lipinski definition) is 3. The summed E-state index contributed by atoms with van der Waals surface area (Å²) in [6, 6.07) is 4.62. The standard InChI is InChI=1S/C7H8N4O/c8-6-1-2-7(12)5(3-6)4-10-11-9/h1-3,12H,4,8H2. The third kappa shape index (κ3) is 1.81. The summed E-state index contributed by atoms with van der Waals surface area (Å²) in [4.78, 5) is 2.57. The molecule has 0 aliphatic heterocycles. The first-order valence-corrected chi connectivity index (χ1v) is 3.32. The summed E-state index contributed by atoms with van der Waals surface area (Å²) in [6.07, 6.45) is 0. The lowest BCUT2D eigenvalue weighted by Crippen LogP contribution is -1.87. The minimum absolute atomic E-state index is 0.0941. The van der Waals surface area contributed by atoms with Crippen molar-refractivity contribution in [3.8, 4) is 5.75 Å². The smallest absolute Gasteiger partial charge is 0.119 e. The molecule has 1 aromatic rings. The van der Waals surface area contributed by atoms with Crippen molar-refractivity contribution in [1.29, 1.82) is 0 Å². The molecular formula is C7H8N4O. The van der Waals surface area contributed by atoms with Crippen LogP contribution in [0, 0.1) is 0 Å². The van der Waals surface area contributed by atoms with Crippen molar-refractivity contribution in [2.45, 2.75) is 6.54 Å². The molecule has 0 aliphatic carbocycles. The number of rotatable bonds is 2. The van der Waals surface area contributed by atoms with E-state index in [0.717, 1.165) is 0 Å². The van der Waals surface area contributed by atoms with Crippen molar-refractivity contribution in [2.24, 2.45) is 5.11 Å². The number of azide groups is 1. The second-order valence-electron chi connectivity index (χ2n) is 2.28. The van der Waals surface area contributed by atoms with E-state index < -0.39 is 0 Å². The largest absolute Gasteiger partial charge is 0.508 e. The van der Waals surface area contributed by atoms with Crippen LogP contribution >= 0.6 is 0 Å². The average molecular weight is 164 g/mol. The second-order valence-corrected chi connectivity index (χ2v) is 2.28. The number of aromatic hydroxyl groups is 1. The van der Waals surface area contributed by atoms with Crippen LogP contribution < -0.4 is 5.73 Å². The highest BCUT2D eigenvalue weighted by molar-refractivity contribution is 5.47. The number of anilines is 1. The van der Waals surface area contributed by atoms with Crippen LogP contribution in [0.3, 0.4) is 0 Å². The van der Waals surface area contributed by atoms with Crippen molar-refractivity contribution in [2.75, 3.05) is 5.73 Å². The normalized spacial score (nSPS) is 9.00. The molecule has 1 rings (SSSR count). The Bertz CT molecular complexity index is 330. The zero-order chi connectivity index (χ0) is 8.97. The Morgan fingerprint density at radius 2 is 2.33 bits per heavy atom. The molecule has 0 amide bonds. The molecule has 0 radical (unpaired) electrons. The van der Waals surface area contributed by atoms with Gasteiger partial charge in [-0.1, -0.05) is 5.11 Å². The van der Waals surface area contributed by atoms with Crippen LogP contribution in [0.25, 0.3) is 10.4 Å². The molecule has 12 heavy (non-hydrogen) atoms. The molecule has 0 spiro atoms.